The molecule has 1 amide bonds. The van der Waals surface area contributed by atoms with E-state index in [0.717, 1.165) is 0 Å². The minimum absolute atomic E-state index is 0.172. The maximum Gasteiger partial charge on any atom is 0.269 e. The van der Waals surface area contributed by atoms with Gasteiger partial charge in [0.15, 0.2) is 0 Å². The van der Waals surface area contributed by atoms with E-state index in [0.29, 0.717) is 18.7 Å². The van der Waals surface area contributed by atoms with Crippen LogP contribution in [0.5, 0.6) is 0 Å². The maximum absolute atomic E-state index is 11.6. The molecular formula is C12H18N2O3. The van der Waals surface area contributed by atoms with Gasteiger partial charge in [-0.1, -0.05) is 6.07 Å². The van der Waals surface area contributed by atoms with Crippen molar-refractivity contribution in [3.05, 3.63) is 30.1 Å². The van der Waals surface area contributed by atoms with Gasteiger partial charge in [0.1, 0.15) is 5.69 Å². The van der Waals surface area contributed by atoms with Gasteiger partial charge in [0.25, 0.3) is 5.91 Å². The lowest BCUT2D eigenvalue weighted by molar-refractivity contribution is 0.0243. The van der Waals surface area contributed by atoms with E-state index in [1.54, 1.807) is 38.4 Å². The fraction of sp³-hybridized carbons (Fsp3) is 0.500. The number of aromatic nitrogens is 1. The molecule has 0 aliphatic carbocycles. The van der Waals surface area contributed by atoms with Crippen molar-refractivity contribution in [2.45, 2.75) is 18.9 Å². The number of hydrogen-bond donors (Lipinski definition) is 2. The molecule has 1 heterocycles. The summed E-state index contributed by atoms with van der Waals surface area (Å²) in [6.07, 6.45) is 2.02. The first kappa shape index (κ1) is 13.6. The first-order valence-corrected chi connectivity index (χ1v) is 5.46. The Morgan fingerprint density at radius 2 is 2.35 bits per heavy atom. The molecule has 17 heavy (non-hydrogen) atoms. The summed E-state index contributed by atoms with van der Waals surface area (Å²) in [5.41, 5.74) is -0.629. The van der Waals surface area contributed by atoms with Crippen molar-refractivity contribution in [1.29, 1.82) is 0 Å². The molecule has 94 valence electrons. The average molecular weight is 238 g/mol. The highest BCUT2D eigenvalue weighted by Gasteiger charge is 2.21. The van der Waals surface area contributed by atoms with Crippen molar-refractivity contribution >= 4 is 5.91 Å². The molecule has 0 saturated carbocycles. The summed E-state index contributed by atoms with van der Waals surface area (Å²) in [4.78, 5) is 15.6. The Labute approximate surface area is 101 Å². The van der Waals surface area contributed by atoms with E-state index in [4.69, 9.17) is 4.74 Å². The summed E-state index contributed by atoms with van der Waals surface area (Å²) >= 11 is 0. The molecular weight excluding hydrogens is 220 g/mol. The van der Waals surface area contributed by atoms with Crippen molar-refractivity contribution in [2.75, 3.05) is 20.3 Å². The third-order valence-corrected chi connectivity index (χ3v) is 2.37. The first-order chi connectivity index (χ1) is 8.05. The van der Waals surface area contributed by atoms with Crippen LogP contribution in [0.4, 0.5) is 0 Å². The second-order valence-electron chi connectivity index (χ2n) is 4.14. The third kappa shape index (κ3) is 4.93. The van der Waals surface area contributed by atoms with Crippen LogP contribution in [0.25, 0.3) is 0 Å². The number of aliphatic hydroxyl groups is 1. The Hall–Kier alpha value is -1.46. The van der Waals surface area contributed by atoms with Gasteiger partial charge in [0, 0.05) is 32.9 Å². The number of hydrogen-bond acceptors (Lipinski definition) is 4. The Bertz CT molecular complexity index is 352. The highest BCUT2D eigenvalue weighted by molar-refractivity contribution is 5.92. The second-order valence-corrected chi connectivity index (χ2v) is 4.14. The van der Waals surface area contributed by atoms with Gasteiger partial charge in [0.05, 0.1) is 5.60 Å². The number of carbonyl (C=O) groups is 1. The molecule has 1 aromatic rings. The Morgan fingerprint density at radius 1 is 1.59 bits per heavy atom. The monoisotopic (exact) mass is 238 g/mol. The molecule has 1 atom stereocenters. The lowest BCUT2D eigenvalue weighted by Gasteiger charge is -2.23. The normalized spacial score (nSPS) is 14.1. The molecule has 1 rings (SSSR count). The Balaban J connectivity index is 2.43. The Kier molecular flexibility index (Phi) is 5.06. The van der Waals surface area contributed by atoms with Crippen LogP contribution in [0.2, 0.25) is 0 Å². The summed E-state index contributed by atoms with van der Waals surface area (Å²) in [5.74, 6) is -0.289. The Morgan fingerprint density at radius 3 is 2.94 bits per heavy atom. The molecule has 0 aliphatic heterocycles. The van der Waals surface area contributed by atoms with Crippen LogP contribution in [0.3, 0.4) is 0 Å². The molecule has 1 aromatic heterocycles. The van der Waals surface area contributed by atoms with Crippen LogP contribution >= 0.6 is 0 Å². The standard InChI is InChI=1S/C12H18N2O3/c1-12(16,6-8-17-2)9-14-11(15)10-5-3-4-7-13-10/h3-5,7,16H,6,8-9H2,1-2H3,(H,14,15). The van der Waals surface area contributed by atoms with Gasteiger partial charge >= 0.3 is 0 Å². The number of nitrogens with one attached hydrogen (secondary N) is 1. The van der Waals surface area contributed by atoms with Crippen LogP contribution in [-0.4, -0.2) is 41.9 Å². The molecule has 1 unspecified atom stereocenters. The molecule has 0 radical (unpaired) electrons. The van der Waals surface area contributed by atoms with E-state index in [9.17, 15) is 9.90 Å². The summed E-state index contributed by atoms with van der Waals surface area (Å²) in [6, 6.07) is 5.11. The molecule has 2 N–H and O–H groups in total. The summed E-state index contributed by atoms with van der Waals surface area (Å²) in [7, 11) is 1.57. The zero-order valence-corrected chi connectivity index (χ0v) is 10.1. The molecule has 0 fully saturated rings. The number of methoxy groups -OCH3 is 1. The molecule has 5 heteroatoms. The molecule has 0 aliphatic rings. The smallest absolute Gasteiger partial charge is 0.269 e. The highest BCUT2D eigenvalue weighted by atomic mass is 16.5. The average Bonchev–Trinajstić information content (AvgIpc) is 2.35. The third-order valence-electron chi connectivity index (χ3n) is 2.37. The first-order valence-electron chi connectivity index (χ1n) is 5.46. The van der Waals surface area contributed by atoms with Gasteiger partial charge in [-0.15, -0.1) is 0 Å². The van der Waals surface area contributed by atoms with Gasteiger partial charge in [-0.3, -0.25) is 9.78 Å². The molecule has 5 nitrogen and oxygen atoms in total. The molecule has 0 bridgehead atoms. The van der Waals surface area contributed by atoms with E-state index in [1.807, 2.05) is 0 Å². The van der Waals surface area contributed by atoms with Gasteiger partial charge in [-0.2, -0.15) is 0 Å². The summed E-state index contributed by atoms with van der Waals surface area (Å²) in [5, 5.41) is 12.6. The number of rotatable bonds is 6. The number of amides is 1. The SMILES string of the molecule is COCCC(C)(O)CNC(=O)c1ccccn1. The number of carbonyl (C=O) groups excluding carboxylic acids is 1. The number of ether oxygens (including phenoxy) is 1. The quantitative estimate of drug-likeness (QED) is 0.761. The van der Waals surface area contributed by atoms with Crippen LogP contribution in [0, 0.1) is 0 Å². The predicted octanol–water partition coefficient (Wildman–Crippen LogP) is 0.599. The van der Waals surface area contributed by atoms with E-state index in [-0.39, 0.29) is 12.5 Å². The summed E-state index contributed by atoms with van der Waals surface area (Å²) < 4.78 is 4.88. The maximum atomic E-state index is 11.6. The topological polar surface area (TPSA) is 71.5 Å². The van der Waals surface area contributed by atoms with Crippen molar-refractivity contribution in [3.63, 3.8) is 0 Å². The zero-order chi connectivity index (χ0) is 12.7. The number of nitrogens with zero attached hydrogens (tertiary/aromatic N) is 1. The number of pyridine rings is 1. The van der Waals surface area contributed by atoms with Gasteiger partial charge in [-0.25, -0.2) is 0 Å². The van der Waals surface area contributed by atoms with Crippen LogP contribution in [0.15, 0.2) is 24.4 Å². The van der Waals surface area contributed by atoms with Crippen molar-refractivity contribution in [1.82, 2.24) is 10.3 Å². The zero-order valence-electron chi connectivity index (χ0n) is 10.1. The van der Waals surface area contributed by atoms with Crippen molar-refractivity contribution in [2.24, 2.45) is 0 Å². The van der Waals surface area contributed by atoms with E-state index < -0.39 is 5.60 Å². The minimum Gasteiger partial charge on any atom is -0.388 e. The van der Waals surface area contributed by atoms with Crippen LogP contribution in [-0.2, 0) is 4.74 Å². The fourth-order valence-electron chi connectivity index (χ4n) is 1.27. The van der Waals surface area contributed by atoms with Gasteiger partial charge in [0.2, 0.25) is 0 Å². The van der Waals surface area contributed by atoms with Crippen molar-refractivity contribution < 1.29 is 14.6 Å². The summed E-state index contributed by atoms with van der Waals surface area (Å²) in [6.45, 7) is 2.28. The van der Waals surface area contributed by atoms with Gasteiger partial charge < -0.3 is 15.2 Å². The van der Waals surface area contributed by atoms with Crippen LogP contribution in [0.1, 0.15) is 23.8 Å². The molecule has 0 spiro atoms. The second kappa shape index (κ2) is 6.32. The van der Waals surface area contributed by atoms with Gasteiger partial charge in [-0.05, 0) is 19.1 Å². The van der Waals surface area contributed by atoms with E-state index >= 15 is 0 Å². The lowest BCUT2D eigenvalue weighted by atomic mass is 10.0. The molecule has 0 aromatic carbocycles. The molecule has 0 saturated heterocycles. The fourth-order valence-corrected chi connectivity index (χ4v) is 1.27. The van der Waals surface area contributed by atoms with E-state index in [1.165, 1.54) is 0 Å². The van der Waals surface area contributed by atoms with E-state index in [2.05, 4.69) is 10.3 Å². The highest BCUT2D eigenvalue weighted by Crippen LogP contribution is 2.07. The predicted molar refractivity (Wildman–Crippen MR) is 63.7 cm³/mol. The largest absolute Gasteiger partial charge is 0.388 e. The minimum atomic E-state index is -0.972. The van der Waals surface area contributed by atoms with Crippen LogP contribution < -0.4 is 5.32 Å². The lowest BCUT2D eigenvalue weighted by Crippen LogP contribution is -2.41. The van der Waals surface area contributed by atoms with Crippen molar-refractivity contribution in [3.8, 4) is 0 Å².